The van der Waals surface area contributed by atoms with Crippen LogP contribution in [0.1, 0.15) is 15.9 Å². The van der Waals surface area contributed by atoms with Gasteiger partial charge in [-0.25, -0.2) is 4.79 Å². The van der Waals surface area contributed by atoms with E-state index in [1.165, 1.54) is 0 Å². The predicted molar refractivity (Wildman–Crippen MR) is 125 cm³/mol. The van der Waals surface area contributed by atoms with E-state index in [2.05, 4.69) is 21.2 Å². The lowest BCUT2D eigenvalue weighted by atomic mass is 10.2. The third-order valence-electron chi connectivity index (χ3n) is 4.61. The Morgan fingerprint density at radius 3 is 2.20 bits per heavy atom. The van der Waals surface area contributed by atoms with Crippen LogP contribution in [0.4, 0.5) is 16.2 Å². The van der Waals surface area contributed by atoms with Gasteiger partial charge in [0.05, 0.1) is 0 Å². The van der Waals surface area contributed by atoms with Gasteiger partial charge < -0.3 is 15.1 Å². The summed E-state index contributed by atoms with van der Waals surface area (Å²) in [4.78, 5) is 28.3. The van der Waals surface area contributed by atoms with Crippen molar-refractivity contribution in [1.29, 1.82) is 0 Å². The third kappa shape index (κ3) is 5.40. The molecule has 0 aliphatic heterocycles. The van der Waals surface area contributed by atoms with E-state index < -0.39 is 0 Å². The van der Waals surface area contributed by atoms with Gasteiger partial charge in [-0.2, -0.15) is 0 Å². The van der Waals surface area contributed by atoms with E-state index in [0.29, 0.717) is 22.8 Å². The minimum atomic E-state index is -0.218. The summed E-state index contributed by atoms with van der Waals surface area (Å²) in [6, 6.07) is 21.4. The highest BCUT2D eigenvalue weighted by molar-refractivity contribution is 9.10. The molecule has 0 fully saturated rings. The molecule has 0 aliphatic rings. The smallest absolute Gasteiger partial charge is 0.321 e. The molecule has 3 rings (SSSR count). The van der Waals surface area contributed by atoms with Crippen LogP contribution in [0.25, 0.3) is 0 Å². The summed E-state index contributed by atoms with van der Waals surface area (Å²) in [5, 5.41) is 3.45. The van der Waals surface area contributed by atoms with Gasteiger partial charge in [-0.05, 0) is 60.2 Å². The highest BCUT2D eigenvalue weighted by atomic mass is 79.9. The van der Waals surface area contributed by atoms with Gasteiger partial charge in [-0.3, -0.25) is 4.79 Å². The molecule has 0 aromatic heterocycles. The number of anilines is 2. The number of halogens is 2. The number of urea groups is 1. The molecule has 154 valence electrons. The second kappa shape index (κ2) is 9.78. The van der Waals surface area contributed by atoms with Crippen LogP contribution in [0.3, 0.4) is 0 Å². The largest absolute Gasteiger partial charge is 0.323 e. The van der Waals surface area contributed by atoms with Gasteiger partial charge in [-0.1, -0.05) is 45.7 Å². The fraction of sp³-hybridized carbons (Fsp3) is 0.130. The van der Waals surface area contributed by atoms with Crippen molar-refractivity contribution in [2.75, 3.05) is 24.3 Å². The second-order valence-corrected chi connectivity index (χ2v) is 8.09. The fourth-order valence-electron chi connectivity index (χ4n) is 2.84. The molecule has 0 saturated carbocycles. The quantitative estimate of drug-likeness (QED) is 0.478. The maximum absolute atomic E-state index is 12.6. The number of hydrogen-bond acceptors (Lipinski definition) is 2. The molecule has 3 aromatic carbocycles. The molecule has 0 saturated heterocycles. The van der Waals surface area contributed by atoms with Gasteiger partial charge in [0.1, 0.15) is 0 Å². The van der Waals surface area contributed by atoms with E-state index in [9.17, 15) is 9.59 Å². The zero-order valence-electron chi connectivity index (χ0n) is 16.6. The fourth-order valence-corrected chi connectivity index (χ4v) is 3.38. The average Bonchev–Trinajstić information content (AvgIpc) is 2.75. The lowest BCUT2D eigenvalue weighted by molar-refractivity contribution is 0.0993. The van der Waals surface area contributed by atoms with Crippen LogP contribution in [0, 0.1) is 0 Å². The molecule has 0 spiro atoms. The van der Waals surface area contributed by atoms with Crippen LogP contribution in [0.5, 0.6) is 0 Å². The minimum absolute atomic E-state index is 0.142. The topological polar surface area (TPSA) is 52.7 Å². The number of rotatable bonds is 5. The predicted octanol–water partition coefficient (Wildman–Crippen LogP) is 6.04. The van der Waals surface area contributed by atoms with Crippen molar-refractivity contribution in [2.45, 2.75) is 6.54 Å². The minimum Gasteiger partial charge on any atom is -0.323 e. The number of carbonyl (C=O) groups is 2. The van der Waals surface area contributed by atoms with E-state index in [0.717, 1.165) is 15.7 Å². The summed E-state index contributed by atoms with van der Waals surface area (Å²) < 4.78 is 0.961. The molecular formula is C23H21BrClN3O2. The summed E-state index contributed by atoms with van der Waals surface area (Å²) in [7, 11) is 3.44. The molecule has 5 nitrogen and oxygen atoms in total. The molecule has 30 heavy (non-hydrogen) atoms. The maximum atomic E-state index is 12.6. The summed E-state index contributed by atoms with van der Waals surface area (Å²) in [5.41, 5.74) is 2.94. The first-order valence-corrected chi connectivity index (χ1v) is 10.4. The zero-order valence-corrected chi connectivity index (χ0v) is 18.9. The first-order valence-electron chi connectivity index (χ1n) is 9.24. The van der Waals surface area contributed by atoms with Gasteiger partial charge >= 0.3 is 6.03 Å². The molecule has 1 N–H and O–H groups in total. The van der Waals surface area contributed by atoms with Gasteiger partial charge in [-0.15, -0.1) is 0 Å². The van der Waals surface area contributed by atoms with Crippen LogP contribution in [-0.2, 0) is 6.54 Å². The molecular weight excluding hydrogens is 466 g/mol. The van der Waals surface area contributed by atoms with Crippen LogP contribution in [0.2, 0.25) is 5.02 Å². The number of amides is 3. The second-order valence-electron chi connectivity index (χ2n) is 6.80. The summed E-state index contributed by atoms with van der Waals surface area (Å²) in [5.74, 6) is -0.142. The Labute approximate surface area is 189 Å². The van der Waals surface area contributed by atoms with Crippen molar-refractivity contribution in [3.05, 3.63) is 93.4 Å². The summed E-state index contributed by atoms with van der Waals surface area (Å²) in [6.45, 7) is 0.476. The Kier molecular flexibility index (Phi) is 7.13. The Morgan fingerprint density at radius 2 is 1.57 bits per heavy atom. The van der Waals surface area contributed by atoms with E-state index in [1.54, 1.807) is 72.4 Å². The van der Waals surface area contributed by atoms with E-state index in [1.807, 2.05) is 24.3 Å². The van der Waals surface area contributed by atoms with Crippen LogP contribution >= 0.6 is 27.5 Å². The molecule has 7 heteroatoms. The monoisotopic (exact) mass is 485 g/mol. The van der Waals surface area contributed by atoms with Gasteiger partial charge in [0.2, 0.25) is 0 Å². The van der Waals surface area contributed by atoms with Crippen molar-refractivity contribution in [3.63, 3.8) is 0 Å². The van der Waals surface area contributed by atoms with Crippen molar-refractivity contribution < 1.29 is 9.59 Å². The van der Waals surface area contributed by atoms with Crippen molar-refractivity contribution in [2.24, 2.45) is 0 Å². The first kappa shape index (κ1) is 21.9. The Hall–Kier alpha value is -2.83. The average molecular weight is 487 g/mol. The van der Waals surface area contributed by atoms with E-state index in [4.69, 9.17) is 11.6 Å². The van der Waals surface area contributed by atoms with Crippen molar-refractivity contribution in [3.8, 4) is 0 Å². The normalized spacial score (nSPS) is 10.4. The lowest BCUT2D eigenvalue weighted by Crippen LogP contribution is -2.31. The standard InChI is InChI=1S/C23H21BrClN3O2/c1-27(15-17-5-3-4-6-21(17)24)23(30)26-19-11-13-20(14-12-19)28(2)22(29)16-7-9-18(25)10-8-16/h3-14H,15H2,1-2H3,(H,26,30). The van der Waals surface area contributed by atoms with Crippen molar-refractivity contribution in [1.82, 2.24) is 4.90 Å². The summed E-state index contributed by atoms with van der Waals surface area (Å²) >= 11 is 9.38. The Balaban J connectivity index is 1.62. The number of nitrogens with zero attached hydrogens (tertiary/aromatic N) is 2. The number of hydrogen-bond donors (Lipinski definition) is 1. The molecule has 0 heterocycles. The summed E-state index contributed by atoms with van der Waals surface area (Å²) in [6.07, 6.45) is 0. The Bertz CT molecular complexity index is 1040. The van der Waals surface area contributed by atoms with Crippen molar-refractivity contribution >= 4 is 50.8 Å². The highest BCUT2D eigenvalue weighted by Crippen LogP contribution is 2.21. The molecule has 3 aromatic rings. The van der Waals surface area contributed by atoms with E-state index in [-0.39, 0.29) is 11.9 Å². The van der Waals surface area contributed by atoms with Gasteiger partial charge in [0, 0.05) is 47.1 Å². The van der Waals surface area contributed by atoms with Crippen LogP contribution in [-0.4, -0.2) is 30.9 Å². The number of benzene rings is 3. The molecule has 3 amide bonds. The van der Waals surface area contributed by atoms with Gasteiger partial charge in [0.15, 0.2) is 0 Å². The first-order chi connectivity index (χ1) is 14.3. The molecule has 0 radical (unpaired) electrons. The third-order valence-corrected chi connectivity index (χ3v) is 5.64. The van der Waals surface area contributed by atoms with Crippen LogP contribution in [0.15, 0.2) is 77.3 Å². The molecule has 0 atom stereocenters. The number of nitrogens with one attached hydrogen (secondary N) is 1. The molecule has 0 aliphatic carbocycles. The molecule has 0 unspecified atom stereocenters. The van der Waals surface area contributed by atoms with Gasteiger partial charge in [0.25, 0.3) is 5.91 Å². The molecule has 0 bridgehead atoms. The SMILES string of the molecule is CN(Cc1ccccc1Br)C(=O)Nc1ccc(N(C)C(=O)c2ccc(Cl)cc2)cc1. The number of carbonyl (C=O) groups excluding carboxylic acids is 2. The zero-order chi connectivity index (χ0) is 21.7. The Morgan fingerprint density at radius 1 is 0.933 bits per heavy atom. The maximum Gasteiger partial charge on any atom is 0.321 e. The van der Waals surface area contributed by atoms with E-state index >= 15 is 0 Å². The lowest BCUT2D eigenvalue weighted by Gasteiger charge is -2.20. The highest BCUT2D eigenvalue weighted by Gasteiger charge is 2.14. The van der Waals surface area contributed by atoms with Crippen LogP contribution < -0.4 is 10.2 Å².